The number of rotatable bonds is 34. The second-order valence-corrected chi connectivity index (χ2v) is 23.1. The van der Waals surface area contributed by atoms with Crippen LogP contribution in [0.15, 0.2) is 71.4 Å². The van der Waals surface area contributed by atoms with Crippen LogP contribution in [-0.2, 0) is 60.2 Å². The van der Waals surface area contributed by atoms with Crippen molar-refractivity contribution in [1.82, 2.24) is 0 Å². The Morgan fingerprint density at radius 2 is 0.585 bits per heavy atom. The Hall–Kier alpha value is -1.06. The summed E-state index contributed by atoms with van der Waals surface area (Å²) in [4.78, 5) is 0. The summed E-state index contributed by atoms with van der Waals surface area (Å²) in [6.07, 6.45) is 46.3. The number of hydrogen-bond donors (Lipinski definition) is 0. The molecule has 0 saturated carbocycles. The average molecular weight is 997 g/mol. The van der Waals surface area contributed by atoms with Crippen LogP contribution in [0, 0.1) is 6.08 Å². The SMILES string of the molecule is CCCCCCc1cc(CCCCCC)cc([Si](C2=[C-]CC=C2C)(c2cc(CCCCCC)cc(CCCCCC)c2)c2cc(CCCCCC)cc(CCCCCC)c2)c1.[Cl-].[Cl-].[Cl-].[Ti+4]. The van der Waals surface area contributed by atoms with Crippen LogP contribution >= 0.6 is 0 Å². The van der Waals surface area contributed by atoms with Crippen LogP contribution in [0.5, 0.6) is 0 Å². The molecule has 65 heavy (non-hydrogen) atoms. The van der Waals surface area contributed by atoms with Gasteiger partial charge in [-0.15, -0.1) is 13.3 Å². The first-order valence-corrected chi connectivity index (χ1v) is 28.6. The quantitative estimate of drug-likeness (QED) is 0.0252. The van der Waals surface area contributed by atoms with Crippen molar-refractivity contribution in [3.05, 3.63) is 111 Å². The van der Waals surface area contributed by atoms with Crippen molar-refractivity contribution in [3.63, 3.8) is 0 Å². The van der Waals surface area contributed by atoms with Crippen molar-refractivity contribution in [2.45, 2.75) is 248 Å². The zero-order valence-corrected chi connectivity index (χ0v) is 47.7. The standard InChI is InChI=1S/C60H93Si.3ClH.Ti/c1-8-14-20-26-34-51-41-52(35-27-21-15-9-2)45-57(44-51)61(60-40-32-33-50(60)7,58-46-53(36-28-22-16-10-3)42-54(47-58)37-29-23-17-11-4)59-48-55(38-30-24-18-12-5)43-56(49-59)39-31-25-19-13-6;;;;/h33,41-49H,8-32,34-39H2,1-7H3;3*1H;/q-1;;;;+4/p-3. The smallest absolute Gasteiger partial charge is 1.00 e. The van der Waals surface area contributed by atoms with Crippen molar-refractivity contribution in [1.29, 1.82) is 0 Å². The van der Waals surface area contributed by atoms with Gasteiger partial charge in [-0.2, -0.15) is 6.08 Å². The van der Waals surface area contributed by atoms with Crippen molar-refractivity contribution in [2.75, 3.05) is 0 Å². The molecule has 0 nitrogen and oxygen atoms in total. The van der Waals surface area contributed by atoms with Gasteiger partial charge in [-0.25, -0.2) is 10.8 Å². The largest absolute Gasteiger partial charge is 4.00 e. The fraction of sp³-hybridized carbons (Fsp3) is 0.633. The van der Waals surface area contributed by atoms with Crippen molar-refractivity contribution < 1.29 is 58.9 Å². The van der Waals surface area contributed by atoms with Gasteiger partial charge in [-0.1, -0.05) is 212 Å². The van der Waals surface area contributed by atoms with E-state index in [1.54, 1.807) is 54.1 Å². The molecule has 0 atom stereocenters. The van der Waals surface area contributed by atoms with Crippen molar-refractivity contribution >= 4 is 23.6 Å². The molecule has 0 spiro atoms. The monoisotopic (exact) mass is 995 g/mol. The average Bonchev–Trinajstić information content (AvgIpc) is 3.70. The fourth-order valence-electron chi connectivity index (χ4n) is 10.2. The molecule has 0 bridgehead atoms. The van der Waals surface area contributed by atoms with E-state index in [9.17, 15) is 0 Å². The van der Waals surface area contributed by atoms with E-state index in [1.165, 1.54) is 198 Å². The predicted octanol–water partition coefficient (Wildman–Crippen LogP) is 7.52. The van der Waals surface area contributed by atoms with Gasteiger partial charge in [-0.3, -0.25) is 6.08 Å². The Balaban J connectivity index is 0.0000102. The van der Waals surface area contributed by atoms with Crippen molar-refractivity contribution in [2.24, 2.45) is 0 Å². The third-order valence-corrected chi connectivity index (χ3v) is 18.6. The molecule has 0 fully saturated rings. The molecule has 1 aliphatic carbocycles. The van der Waals surface area contributed by atoms with Crippen LogP contribution in [0.3, 0.4) is 0 Å². The van der Waals surface area contributed by atoms with Crippen LogP contribution in [-0.4, -0.2) is 8.07 Å². The van der Waals surface area contributed by atoms with Gasteiger partial charge in [0.15, 0.2) is 0 Å². The zero-order valence-electron chi connectivity index (χ0n) is 42.8. The Morgan fingerprint density at radius 1 is 0.354 bits per heavy atom. The molecule has 3 aromatic rings. The van der Waals surface area contributed by atoms with E-state index in [1.807, 2.05) is 0 Å². The molecule has 0 aliphatic heterocycles. The van der Waals surface area contributed by atoms with E-state index in [2.05, 4.69) is 115 Å². The number of aryl methyl sites for hydroxylation is 6. The maximum absolute atomic E-state index is 4.20. The number of allylic oxidation sites excluding steroid dienone is 4. The number of hydrogen-bond acceptors (Lipinski definition) is 0. The molecule has 0 saturated heterocycles. The fourth-order valence-corrected chi connectivity index (χ4v) is 15.6. The van der Waals surface area contributed by atoms with Gasteiger partial charge in [0.25, 0.3) is 0 Å². The van der Waals surface area contributed by atoms with Gasteiger partial charge in [0.2, 0.25) is 0 Å². The van der Waals surface area contributed by atoms with Gasteiger partial charge < -0.3 is 37.2 Å². The van der Waals surface area contributed by atoms with E-state index in [4.69, 9.17) is 0 Å². The molecule has 0 radical (unpaired) electrons. The maximum atomic E-state index is 4.20. The molecule has 4 rings (SSSR count). The molecule has 0 unspecified atom stereocenters. The first kappa shape index (κ1) is 63.9. The molecule has 0 heterocycles. The first-order valence-electron chi connectivity index (χ1n) is 26.6. The maximum Gasteiger partial charge on any atom is 4.00 e. The molecule has 362 valence electrons. The zero-order chi connectivity index (χ0) is 43.5. The molecular formula is C60H93Cl3SiTi. The summed E-state index contributed by atoms with van der Waals surface area (Å²) in [5.74, 6) is 0. The Morgan fingerprint density at radius 3 is 0.769 bits per heavy atom. The first-order chi connectivity index (χ1) is 29.9. The molecule has 3 aromatic carbocycles. The Bertz CT molecular complexity index is 1480. The Labute approximate surface area is 437 Å². The van der Waals surface area contributed by atoms with Crippen LogP contribution in [0.1, 0.15) is 242 Å². The molecule has 0 N–H and O–H groups in total. The summed E-state index contributed by atoms with van der Waals surface area (Å²) in [6.45, 7) is 16.5. The van der Waals surface area contributed by atoms with E-state index >= 15 is 0 Å². The van der Waals surface area contributed by atoms with Gasteiger partial charge in [-0.05, 0) is 126 Å². The molecular weight excluding hydrogens is 903 g/mol. The number of halogens is 3. The van der Waals surface area contributed by atoms with Crippen LogP contribution in [0.4, 0.5) is 0 Å². The normalized spacial score (nSPS) is 12.2. The van der Waals surface area contributed by atoms with Gasteiger partial charge >= 0.3 is 21.7 Å². The topological polar surface area (TPSA) is 0 Å². The molecule has 0 amide bonds. The minimum absolute atomic E-state index is 0. The van der Waals surface area contributed by atoms with E-state index in [0.717, 1.165) is 6.42 Å². The number of unbranched alkanes of at least 4 members (excludes halogenated alkanes) is 18. The minimum Gasteiger partial charge on any atom is -1.00 e. The third-order valence-electron chi connectivity index (χ3n) is 13.8. The van der Waals surface area contributed by atoms with E-state index in [-0.39, 0.29) is 58.9 Å². The Kier molecular flexibility index (Phi) is 37.2. The van der Waals surface area contributed by atoms with Gasteiger partial charge in [0.1, 0.15) is 8.07 Å². The second-order valence-electron chi connectivity index (χ2n) is 19.4. The summed E-state index contributed by atoms with van der Waals surface area (Å²) in [6, 6.07) is 24.5. The second kappa shape index (κ2) is 37.8. The molecule has 0 aromatic heterocycles. The van der Waals surface area contributed by atoms with E-state index < -0.39 is 8.07 Å². The molecule has 5 heteroatoms. The summed E-state index contributed by atoms with van der Waals surface area (Å²) < 4.78 is 0. The van der Waals surface area contributed by atoms with Crippen LogP contribution in [0.2, 0.25) is 0 Å². The minimum atomic E-state index is -2.83. The van der Waals surface area contributed by atoms with Gasteiger partial charge in [0.05, 0.1) is 0 Å². The van der Waals surface area contributed by atoms with Crippen molar-refractivity contribution in [3.8, 4) is 0 Å². The summed E-state index contributed by atoms with van der Waals surface area (Å²) in [7, 11) is -2.83. The van der Waals surface area contributed by atoms with Gasteiger partial charge in [0, 0.05) is 0 Å². The molecule has 1 aliphatic rings. The number of benzene rings is 3. The van der Waals surface area contributed by atoms with Crippen LogP contribution in [0.25, 0.3) is 0 Å². The predicted molar refractivity (Wildman–Crippen MR) is 276 cm³/mol. The summed E-state index contributed by atoms with van der Waals surface area (Å²) >= 11 is 0. The summed E-state index contributed by atoms with van der Waals surface area (Å²) in [5, 5.41) is 6.49. The van der Waals surface area contributed by atoms with Crippen LogP contribution < -0.4 is 52.8 Å². The van der Waals surface area contributed by atoms with E-state index in [0.29, 0.717) is 0 Å². The third kappa shape index (κ3) is 21.2. The summed E-state index contributed by atoms with van der Waals surface area (Å²) in [5.41, 5.74) is 11.0.